The van der Waals surface area contributed by atoms with Crippen LogP contribution in [-0.2, 0) is 0 Å². The lowest BCUT2D eigenvalue weighted by Crippen LogP contribution is -2.36. The summed E-state index contributed by atoms with van der Waals surface area (Å²) < 4.78 is 0. The fourth-order valence-electron chi connectivity index (χ4n) is 3.12. The quantitative estimate of drug-likeness (QED) is 0.915. The van der Waals surface area contributed by atoms with E-state index in [2.05, 4.69) is 40.2 Å². The van der Waals surface area contributed by atoms with Crippen molar-refractivity contribution in [3.05, 3.63) is 42.1 Å². The molecule has 19 heavy (non-hydrogen) atoms. The fraction of sp³-hybridized carbons (Fsp3) is 0.438. The Balaban J connectivity index is 1.82. The molecule has 2 heterocycles. The molecule has 1 saturated heterocycles. The Morgan fingerprint density at radius 2 is 1.95 bits per heavy atom. The van der Waals surface area contributed by atoms with Crippen molar-refractivity contribution in [2.45, 2.75) is 18.8 Å². The maximum absolute atomic E-state index is 5.63. The van der Waals surface area contributed by atoms with Crippen LogP contribution in [0.2, 0.25) is 0 Å². The average Bonchev–Trinajstić information content (AvgIpc) is 2.48. The van der Waals surface area contributed by atoms with E-state index in [1.165, 1.54) is 36.9 Å². The molecule has 3 rings (SSSR count). The maximum Gasteiger partial charge on any atom is 0.0704 e. The number of hydrogen-bond donors (Lipinski definition) is 1. The minimum Gasteiger partial charge on any atom is -0.329 e. The van der Waals surface area contributed by atoms with E-state index in [1.807, 2.05) is 6.20 Å². The van der Waals surface area contributed by atoms with Crippen molar-refractivity contribution >= 4 is 10.9 Å². The molecule has 100 valence electrons. The van der Waals surface area contributed by atoms with Crippen LogP contribution in [0.25, 0.3) is 10.9 Å². The summed E-state index contributed by atoms with van der Waals surface area (Å²) in [5, 5.41) is 1.32. The van der Waals surface area contributed by atoms with Crippen LogP contribution in [0.15, 0.2) is 36.5 Å². The molecule has 3 heteroatoms. The molecule has 0 unspecified atom stereocenters. The zero-order chi connectivity index (χ0) is 13.1. The van der Waals surface area contributed by atoms with Gasteiger partial charge in [0.15, 0.2) is 0 Å². The summed E-state index contributed by atoms with van der Waals surface area (Å²) in [6.45, 7) is 4.13. The second-order valence-electron chi connectivity index (χ2n) is 5.32. The summed E-state index contributed by atoms with van der Waals surface area (Å²) in [5.41, 5.74) is 8.22. The highest BCUT2D eigenvalue weighted by Gasteiger charge is 2.21. The molecule has 1 aliphatic rings. The Hall–Kier alpha value is -1.45. The van der Waals surface area contributed by atoms with E-state index in [9.17, 15) is 0 Å². The molecule has 0 bridgehead atoms. The van der Waals surface area contributed by atoms with Crippen molar-refractivity contribution in [3.63, 3.8) is 0 Å². The Labute approximate surface area is 114 Å². The van der Waals surface area contributed by atoms with Crippen LogP contribution in [0.3, 0.4) is 0 Å². The smallest absolute Gasteiger partial charge is 0.0704 e. The number of likely N-dealkylation sites (tertiary alicyclic amines) is 1. The zero-order valence-corrected chi connectivity index (χ0v) is 11.3. The molecule has 2 aromatic rings. The molecule has 1 aromatic carbocycles. The van der Waals surface area contributed by atoms with Gasteiger partial charge in [0.2, 0.25) is 0 Å². The summed E-state index contributed by atoms with van der Waals surface area (Å²) in [4.78, 5) is 6.93. The normalized spacial score (nSPS) is 17.9. The molecule has 0 aliphatic carbocycles. The van der Waals surface area contributed by atoms with Gasteiger partial charge in [-0.15, -0.1) is 0 Å². The number of para-hydroxylation sites is 1. The monoisotopic (exact) mass is 255 g/mol. The number of pyridine rings is 1. The van der Waals surface area contributed by atoms with E-state index in [0.29, 0.717) is 5.92 Å². The second-order valence-corrected chi connectivity index (χ2v) is 5.32. The largest absolute Gasteiger partial charge is 0.329 e. The van der Waals surface area contributed by atoms with Gasteiger partial charge in [0.1, 0.15) is 0 Å². The molecule has 1 aromatic heterocycles. The van der Waals surface area contributed by atoms with Gasteiger partial charge < -0.3 is 10.6 Å². The molecular formula is C16H21N3. The van der Waals surface area contributed by atoms with Crippen molar-refractivity contribution in [1.29, 1.82) is 0 Å². The third kappa shape index (κ3) is 2.62. The number of benzene rings is 1. The van der Waals surface area contributed by atoms with Crippen LogP contribution in [0, 0.1) is 0 Å². The Bertz CT molecular complexity index is 539. The van der Waals surface area contributed by atoms with E-state index in [4.69, 9.17) is 5.73 Å². The maximum atomic E-state index is 5.63. The van der Waals surface area contributed by atoms with Crippen molar-refractivity contribution in [2.75, 3.05) is 26.2 Å². The lowest BCUT2D eigenvalue weighted by molar-refractivity contribution is 0.218. The van der Waals surface area contributed by atoms with Crippen molar-refractivity contribution in [1.82, 2.24) is 9.88 Å². The molecular weight excluding hydrogens is 234 g/mol. The number of piperidine rings is 1. The molecule has 2 N–H and O–H groups in total. The van der Waals surface area contributed by atoms with Crippen LogP contribution in [0.4, 0.5) is 0 Å². The first-order valence-electron chi connectivity index (χ1n) is 7.14. The number of rotatable bonds is 3. The standard InChI is InChI=1S/C16H21N3/c17-8-12-19-10-6-13(7-11-19)14-5-9-18-16-4-2-1-3-15(14)16/h1-5,9,13H,6-8,10-12,17H2. The van der Waals surface area contributed by atoms with Crippen LogP contribution in [0.5, 0.6) is 0 Å². The molecule has 1 fully saturated rings. The Morgan fingerprint density at radius 3 is 2.74 bits per heavy atom. The highest BCUT2D eigenvalue weighted by Crippen LogP contribution is 2.32. The summed E-state index contributed by atoms with van der Waals surface area (Å²) in [6.07, 6.45) is 4.41. The molecule has 0 spiro atoms. The molecule has 0 amide bonds. The van der Waals surface area contributed by atoms with Crippen LogP contribution in [0.1, 0.15) is 24.3 Å². The molecule has 3 nitrogen and oxygen atoms in total. The van der Waals surface area contributed by atoms with Gasteiger partial charge in [-0.2, -0.15) is 0 Å². The second kappa shape index (κ2) is 5.68. The summed E-state index contributed by atoms with van der Waals surface area (Å²) in [6, 6.07) is 10.7. The molecule has 0 saturated carbocycles. The first-order chi connectivity index (χ1) is 9.38. The summed E-state index contributed by atoms with van der Waals surface area (Å²) in [7, 11) is 0. The average molecular weight is 255 g/mol. The minimum atomic E-state index is 0.668. The first-order valence-corrected chi connectivity index (χ1v) is 7.14. The molecule has 0 radical (unpaired) electrons. The molecule has 1 aliphatic heterocycles. The highest BCUT2D eigenvalue weighted by atomic mass is 15.1. The van der Waals surface area contributed by atoms with Crippen LogP contribution < -0.4 is 5.73 Å². The van der Waals surface area contributed by atoms with Crippen molar-refractivity contribution in [2.24, 2.45) is 5.73 Å². The lowest BCUT2D eigenvalue weighted by Gasteiger charge is -2.32. The van der Waals surface area contributed by atoms with E-state index in [1.54, 1.807) is 0 Å². The van der Waals surface area contributed by atoms with Gasteiger partial charge in [0.25, 0.3) is 0 Å². The number of aromatic nitrogens is 1. The van der Waals surface area contributed by atoms with Gasteiger partial charge in [-0.05, 0) is 49.5 Å². The summed E-state index contributed by atoms with van der Waals surface area (Å²) in [5.74, 6) is 0.668. The van der Waals surface area contributed by atoms with E-state index in [0.717, 1.165) is 18.6 Å². The third-order valence-electron chi connectivity index (χ3n) is 4.16. The predicted molar refractivity (Wildman–Crippen MR) is 79.2 cm³/mol. The third-order valence-corrected chi connectivity index (χ3v) is 4.16. The SMILES string of the molecule is NCCN1CCC(c2ccnc3ccccc23)CC1. The summed E-state index contributed by atoms with van der Waals surface area (Å²) >= 11 is 0. The minimum absolute atomic E-state index is 0.668. The number of nitrogens with two attached hydrogens (primary N) is 1. The molecule has 0 atom stereocenters. The zero-order valence-electron chi connectivity index (χ0n) is 11.3. The number of fused-ring (bicyclic) bond motifs is 1. The van der Waals surface area contributed by atoms with Gasteiger partial charge >= 0.3 is 0 Å². The Morgan fingerprint density at radius 1 is 1.16 bits per heavy atom. The van der Waals surface area contributed by atoms with Crippen LogP contribution in [-0.4, -0.2) is 36.1 Å². The van der Waals surface area contributed by atoms with Gasteiger partial charge in [-0.3, -0.25) is 4.98 Å². The predicted octanol–water partition coefficient (Wildman–Crippen LogP) is 2.37. The first kappa shape index (κ1) is 12.6. The van der Waals surface area contributed by atoms with Gasteiger partial charge in [0.05, 0.1) is 5.52 Å². The van der Waals surface area contributed by atoms with Gasteiger partial charge in [-0.25, -0.2) is 0 Å². The van der Waals surface area contributed by atoms with Crippen molar-refractivity contribution in [3.8, 4) is 0 Å². The van der Waals surface area contributed by atoms with Crippen molar-refractivity contribution < 1.29 is 0 Å². The van der Waals surface area contributed by atoms with Crippen LogP contribution >= 0.6 is 0 Å². The fourth-order valence-corrected chi connectivity index (χ4v) is 3.12. The van der Waals surface area contributed by atoms with E-state index in [-0.39, 0.29) is 0 Å². The number of nitrogens with zero attached hydrogens (tertiary/aromatic N) is 2. The topological polar surface area (TPSA) is 42.1 Å². The van der Waals surface area contributed by atoms with E-state index < -0.39 is 0 Å². The Kier molecular flexibility index (Phi) is 3.76. The van der Waals surface area contributed by atoms with Gasteiger partial charge in [-0.1, -0.05) is 18.2 Å². The number of hydrogen-bond acceptors (Lipinski definition) is 3. The van der Waals surface area contributed by atoms with E-state index >= 15 is 0 Å². The van der Waals surface area contributed by atoms with Gasteiger partial charge in [0, 0.05) is 24.7 Å². The lowest BCUT2D eigenvalue weighted by atomic mass is 9.87. The highest BCUT2D eigenvalue weighted by molar-refractivity contribution is 5.82.